The molecule has 0 aromatic heterocycles. The van der Waals surface area contributed by atoms with Crippen molar-refractivity contribution in [2.24, 2.45) is 0 Å². The maximum atomic E-state index is 12.8. The van der Waals surface area contributed by atoms with Gasteiger partial charge in [-0.15, -0.1) is 0 Å². The van der Waals surface area contributed by atoms with Gasteiger partial charge in [0.1, 0.15) is 19.3 Å². The van der Waals surface area contributed by atoms with E-state index in [1.807, 2.05) is 21.1 Å². The summed E-state index contributed by atoms with van der Waals surface area (Å²) < 4.78 is 35.2. The Morgan fingerprint density at radius 3 is 1.26 bits per heavy atom. The van der Waals surface area contributed by atoms with E-state index in [1.165, 1.54) is 109 Å². The van der Waals surface area contributed by atoms with Crippen LogP contribution < -0.4 is 0 Å². The predicted molar refractivity (Wildman–Crippen MR) is 298 cm³/mol. The van der Waals surface area contributed by atoms with E-state index >= 15 is 0 Å². The van der Waals surface area contributed by atoms with Gasteiger partial charge in [0, 0.05) is 13.0 Å². The van der Waals surface area contributed by atoms with Crippen molar-refractivity contribution < 1.29 is 37.3 Å². The van der Waals surface area contributed by atoms with Crippen molar-refractivity contribution in [2.45, 2.75) is 225 Å². The average Bonchev–Trinajstić information content (AvgIpc) is 3.31. The molecule has 2 unspecified atom stereocenters. The minimum Gasteiger partial charge on any atom is -0.457 e. The van der Waals surface area contributed by atoms with Crippen molar-refractivity contribution in [3.05, 3.63) is 97.2 Å². The van der Waals surface area contributed by atoms with E-state index in [2.05, 4.69) is 111 Å². The number of hydrogen-bond acceptors (Lipinski definition) is 6. The molecule has 0 spiro atoms. The van der Waals surface area contributed by atoms with Gasteiger partial charge in [-0.25, -0.2) is 4.57 Å². The zero-order valence-corrected chi connectivity index (χ0v) is 46.2. The fourth-order valence-electron chi connectivity index (χ4n) is 7.35. The largest absolute Gasteiger partial charge is 0.472 e. The van der Waals surface area contributed by atoms with Gasteiger partial charge in [-0.2, -0.15) is 0 Å². The van der Waals surface area contributed by atoms with Crippen LogP contribution >= 0.6 is 7.82 Å². The van der Waals surface area contributed by atoms with Crippen LogP contribution in [0.2, 0.25) is 0 Å². The third-order valence-electron chi connectivity index (χ3n) is 11.6. The molecule has 9 heteroatoms. The monoisotopic (exact) mass is 985 g/mol. The Bertz CT molecular complexity index is 1420. The Morgan fingerprint density at radius 1 is 0.464 bits per heavy atom. The number of ether oxygens (including phenoxy) is 2. The molecule has 69 heavy (non-hydrogen) atoms. The molecule has 2 atom stereocenters. The van der Waals surface area contributed by atoms with Crippen molar-refractivity contribution in [3.8, 4) is 0 Å². The molecular weight excluding hydrogens is 878 g/mol. The summed E-state index contributed by atoms with van der Waals surface area (Å²) >= 11 is 0. The number of hydrogen-bond donors (Lipinski definition) is 1. The number of rotatable bonds is 51. The van der Waals surface area contributed by atoms with E-state index in [9.17, 15) is 14.3 Å². The van der Waals surface area contributed by atoms with Gasteiger partial charge in [-0.05, 0) is 96.3 Å². The Hall–Kier alpha value is -2.58. The molecule has 0 radical (unpaired) electrons. The number of phosphoric ester groups is 1. The first-order valence-corrected chi connectivity index (χ1v) is 29.5. The third-order valence-corrected chi connectivity index (χ3v) is 12.6. The first-order chi connectivity index (χ1) is 33.6. The SMILES string of the molecule is CC/C=C\C/C=C\C/C=C\C/C=C\C/C=C\CCCCCCCCCCOCC(COP(=O)(O)OCC[N+](C)(C)C)OC(=O)CCCCCCCCCC/C=C\C/C=C\C/C=C\CCCCCCC. The smallest absolute Gasteiger partial charge is 0.457 e. The van der Waals surface area contributed by atoms with Crippen LogP contribution in [0.25, 0.3) is 0 Å². The van der Waals surface area contributed by atoms with Crippen LogP contribution in [0, 0.1) is 0 Å². The molecule has 0 rings (SSSR count). The lowest BCUT2D eigenvalue weighted by atomic mass is 10.1. The fourth-order valence-corrected chi connectivity index (χ4v) is 8.09. The summed E-state index contributed by atoms with van der Waals surface area (Å²) in [5.41, 5.74) is 0. The Morgan fingerprint density at radius 2 is 0.841 bits per heavy atom. The number of carbonyl (C=O) groups excluding carboxylic acids is 1. The standard InChI is InChI=1S/C60H106NO7P/c1-6-8-10-12-14-16-18-20-22-24-26-28-30-32-34-36-38-40-42-44-46-48-50-52-55-65-57-59(58-67-69(63,64)66-56-54-61(3,4)5)68-60(62)53-51-49-47-45-43-41-39-37-35-33-31-29-27-25-23-21-19-17-15-13-11-9-7-2/h8,10,14,16,19-22,25-28,31-34,59H,6-7,9,11-13,15,17-18,23-24,29-30,35-58H2,1-5H3/p+1/b10-8-,16-14-,21-19-,22-20-,27-25-,28-26-,33-31-,34-32-. The van der Waals surface area contributed by atoms with Crippen LogP contribution in [0.3, 0.4) is 0 Å². The van der Waals surface area contributed by atoms with Crippen molar-refractivity contribution in [2.75, 3.05) is 54.1 Å². The van der Waals surface area contributed by atoms with E-state index in [1.54, 1.807) is 0 Å². The van der Waals surface area contributed by atoms with Gasteiger partial charge in [-0.3, -0.25) is 13.8 Å². The van der Waals surface area contributed by atoms with Crippen LogP contribution in [0.5, 0.6) is 0 Å². The lowest BCUT2D eigenvalue weighted by Gasteiger charge is -2.24. The highest BCUT2D eigenvalue weighted by molar-refractivity contribution is 7.47. The minimum atomic E-state index is -4.30. The molecule has 0 heterocycles. The Balaban J connectivity index is 4.17. The lowest BCUT2D eigenvalue weighted by molar-refractivity contribution is -0.870. The van der Waals surface area contributed by atoms with Gasteiger partial charge in [0.25, 0.3) is 0 Å². The Kier molecular flexibility index (Phi) is 49.8. The quantitative estimate of drug-likeness (QED) is 0.0213. The molecule has 398 valence electrons. The molecule has 0 fully saturated rings. The van der Waals surface area contributed by atoms with Crippen molar-refractivity contribution in [1.82, 2.24) is 0 Å². The maximum absolute atomic E-state index is 12.8. The molecular formula is C60H107NO7P+. The number of likely N-dealkylation sites (N-methyl/N-ethyl adjacent to an activating group) is 1. The highest BCUT2D eigenvalue weighted by Gasteiger charge is 2.26. The van der Waals surface area contributed by atoms with Crippen LogP contribution in [-0.2, 0) is 27.9 Å². The maximum Gasteiger partial charge on any atom is 0.472 e. The lowest BCUT2D eigenvalue weighted by Crippen LogP contribution is -2.37. The number of phosphoric acid groups is 1. The van der Waals surface area contributed by atoms with Crippen molar-refractivity contribution >= 4 is 13.8 Å². The number of unbranched alkanes of at least 4 members (excludes halogenated alkanes) is 21. The highest BCUT2D eigenvalue weighted by atomic mass is 31.2. The molecule has 0 saturated carbocycles. The molecule has 0 bridgehead atoms. The zero-order chi connectivity index (χ0) is 50.5. The molecule has 0 amide bonds. The van der Waals surface area contributed by atoms with Gasteiger partial charge in [0.15, 0.2) is 0 Å². The summed E-state index contributed by atoms with van der Waals surface area (Å²) in [6.07, 6.45) is 71.7. The molecule has 8 nitrogen and oxygen atoms in total. The summed E-state index contributed by atoms with van der Waals surface area (Å²) in [4.78, 5) is 23.1. The molecule has 0 aliphatic carbocycles. The summed E-state index contributed by atoms with van der Waals surface area (Å²) in [6.45, 7) is 5.46. The predicted octanol–water partition coefficient (Wildman–Crippen LogP) is 17.7. The van der Waals surface area contributed by atoms with Gasteiger partial charge >= 0.3 is 13.8 Å². The summed E-state index contributed by atoms with van der Waals surface area (Å²) in [5, 5.41) is 0. The first-order valence-electron chi connectivity index (χ1n) is 28.0. The topological polar surface area (TPSA) is 91.3 Å². The molecule has 0 aliphatic rings. The normalized spacial score (nSPS) is 14.2. The number of carbonyl (C=O) groups is 1. The van der Waals surface area contributed by atoms with Gasteiger partial charge in [0.05, 0.1) is 34.4 Å². The summed E-state index contributed by atoms with van der Waals surface area (Å²) in [7, 11) is 1.64. The summed E-state index contributed by atoms with van der Waals surface area (Å²) in [5.74, 6) is -0.326. The molecule has 1 N–H and O–H groups in total. The van der Waals surface area contributed by atoms with E-state index in [-0.39, 0.29) is 25.8 Å². The van der Waals surface area contributed by atoms with Gasteiger partial charge in [0.2, 0.25) is 0 Å². The highest BCUT2D eigenvalue weighted by Crippen LogP contribution is 2.43. The van der Waals surface area contributed by atoms with E-state index in [0.717, 1.165) is 89.9 Å². The second-order valence-corrected chi connectivity index (χ2v) is 21.0. The molecule has 0 aliphatic heterocycles. The third kappa shape index (κ3) is 56.2. The van der Waals surface area contributed by atoms with Gasteiger partial charge < -0.3 is 18.9 Å². The number of nitrogens with zero attached hydrogens (tertiary/aromatic N) is 1. The zero-order valence-electron chi connectivity index (χ0n) is 45.3. The second-order valence-electron chi connectivity index (χ2n) is 19.6. The van der Waals surface area contributed by atoms with E-state index in [4.69, 9.17) is 18.5 Å². The number of esters is 1. The average molecular weight is 985 g/mol. The molecule has 0 aromatic carbocycles. The van der Waals surface area contributed by atoms with E-state index < -0.39 is 13.9 Å². The van der Waals surface area contributed by atoms with Crippen molar-refractivity contribution in [3.63, 3.8) is 0 Å². The molecule has 0 aromatic rings. The minimum absolute atomic E-state index is 0.0800. The van der Waals surface area contributed by atoms with E-state index in [0.29, 0.717) is 24.1 Å². The van der Waals surface area contributed by atoms with Crippen LogP contribution in [-0.4, -0.2) is 75.6 Å². The second kappa shape index (κ2) is 51.8. The first kappa shape index (κ1) is 66.4. The Labute approximate surface area is 426 Å². The number of allylic oxidation sites excluding steroid dienone is 16. The van der Waals surface area contributed by atoms with Crippen molar-refractivity contribution in [1.29, 1.82) is 0 Å². The van der Waals surface area contributed by atoms with Crippen LogP contribution in [0.1, 0.15) is 219 Å². The van der Waals surface area contributed by atoms with Gasteiger partial charge in [-0.1, -0.05) is 214 Å². The number of quaternary nitrogens is 1. The van der Waals surface area contributed by atoms with Crippen LogP contribution in [0.4, 0.5) is 0 Å². The summed E-state index contributed by atoms with van der Waals surface area (Å²) in [6, 6.07) is 0. The fraction of sp³-hybridized carbons (Fsp3) is 0.717. The molecule has 0 saturated heterocycles. The van der Waals surface area contributed by atoms with Crippen LogP contribution in [0.15, 0.2) is 97.2 Å².